The maximum Gasteiger partial charge on any atom is 0.298 e. The molecule has 0 aliphatic carbocycles. The molecule has 0 radical (unpaired) electrons. The molecule has 3 aromatic rings. The fourth-order valence-corrected chi connectivity index (χ4v) is 4.01. The van der Waals surface area contributed by atoms with Crippen LogP contribution < -0.4 is 4.90 Å². The minimum absolute atomic E-state index is 0.250. The number of hydrogen-bond donors (Lipinski definition) is 0. The Morgan fingerprint density at radius 3 is 2.43 bits per heavy atom. The zero-order valence-corrected chi connectivity index (χ0v) is 17.1. The van der Waals surface area contributed by atoms with Crippen LogP contribution in [-0.4, -0.2) is 11.1 Å². The van der Waals surface area contributed by atoms with E-state index in [2.05, 4.69) is 0 Å². The van der Waals surface area contributed by atoms with Crippen LogP contribution in [0.1, 0.15) is 5.76 Å². The monoisotopic (exact) mass is 449 g/mol. The lowest BCUT2D eigenvalue weighted by Gasteiger charge is -2.13. The van der Waals surface area contributed by atoms with Crippen LogP contribution in [0.4, 0.5) is 10.5 Å². The number of thioether (sulfide) groups is 1. The van der Waals surface area contributed by atoms with E-state index < -0.39 is 11.1 Å². The number of furan rings is 1. The van der Waals surface area contributed by atoms with Crippen LogP contribution in [0.25, 0.3) is 17.4 Å². The highest BCUT2D eigenvalue weighted by Crippen LogP contribution is 2.39. The van der Waals surface area contributed by atoms with Crippen molar-refractivity contribution in [2.45, 2.75) is 0 Å². The van der Waals surface area contributed by atoms with Crippen LogP contribution in [0.5, 0.6) is 0 Å². The van der Waals surface area contributed by atoms with Crippen molar-refractivity contribution in [2.24, 2.45) is 0 Å². The van der Waals surface area contributed by atoms with E-state index in [0.29, 0.717) is 32.3 Å². The fraction of sp³-hybridized carbons (Fsp3) is 0. The summed E-state index contributed by atoms with van der Waals surface area (Å²) < 4.78 is 5.78. The van der Waals surface area contributed by atoms with E-state index in [4.69, 9.17) is 39.2 Å². The van der Waals surface area contributed by atoms with Gasteiger partial charge in [0.15, 0.2) is 0 Å². The summed E-state index contributed by atoms with van der Waals surface area (Å²) in [6, 6.07) is 15.3. The van der Waals surface area contributed by atoms with Crippen molar-refractivity contribution in [1.82, 2.24) is 0 Å². The molecule has 0 atom stereocenters. The lowest BCUT2D eigenvalue weighted by molar-refractivity contribution is -0.113. The van der Waals surface area contributed by atoms with E-state index in [1.165, 1.54) is 6.08 Å². The number of imide groups is 1. The molecule has 0 N–H and O–H groups in total. The fourth-order valence-electron chi connectivity index (χ4n) is 2.67. The summed E-state index contributed by atoms with van der Waals surface area (Å²) in [6.07, 6.45) is 1.53. The minimum Gasteiger partial charge on any atom is -0.457 e. The molecule has 8 heteroatoms. The summed E-state index contributed by atoms with van der Waals surface area (Å²) in [7, 11) is 0. The maximum atomic E-state index is 12.7. The third kappa shape index (κ3) is 3.59. The highest BCUT2D eigenvalue weighted by Gasteiger charge is 2.37. The maximum absolute atomic E-state index is 12.7. The van der Waals surface area contributed by atoms with Gasteiger partial charge in [0.1, 0.15) is 11.5 Å². The van der Waals surface area contributed by atoms with Crippen LogP contribution in [0.3, 0.4) is 0 Å². The first-order valence-corrected chi connectivity index (χ1v) is 9.97. The van der Waals surface area contributed by atoms with Gasteiger partial charge in [0.25, 0.3) is 11.1 Å². The summed E-state index contributed by atoms with van der Waals surface area (Å²) in [5.74, 6) is 0.552. The van der Waals surface area contributed by atoms with Gasteiger partial charge in [0.2, 0.25) is 0 Å². The Morgan fingerprint density at radius 1 is 0.893 bits per heavy atom. The van der Waals surface area contributed by atoms with Gasteiger partial charge in [-0.1, -0.05) is 46.9 Å². The molecule has 2 heterocycles. The van der Waals surface area contributed by atoms with Gasteiger partial charge in [-0.3, -0.25) is 9.59 Å². The molecule has 0 bridgehead atoms. The lowest BCUT2D eigenvalue weighted by Crippen LogP contribution is -2.27. The van der Waals surface area contributed by atoms with Crippen LogP contribution in [0, 0.1) is 0 Å². The smallest absolute Gasteiger partial charge is 0.298 e. The number of para-hydroxylation sites is 1. The van der Waals surface area contributed by atoms with Gasteiger partial charge in [-0.05, 0) is 54.2 Å². The van der Waals surface area contributed by atoms with Crippen molar-refractivity contribution in [3.05, 3.63) is 80.3 Å². The van der Waals surface area contributed by atoms with Gasteiger partial charge in [-0.2, -0.15) is 0 Å². The Morgan fingerprint density at radius 2 is 1.68 bits per heavy atom. The standard InChI is InChI=1S/C20H10Cl3NO3S/c21-13-7-5-11(9-15(13)23)17-8-6-12(27-17)10-18-19(25)24(20(26)28-18)16-4-2-1-3-14(16)22/h1-10H/b18-10-. The number of halogens is 3. The Balaban J connectivity index is 1.63. The summed E-state index contributed by atoms with van der Waals surface area (Å²) >= 11 is 18.9. The number of carbonyl (C=O) groups excluding carboxylic acids is 2. The van der Waals surface area contributed by atoms with Gasteiger partial charge in [-0.25, -0.2) is 4.90 Å². The van der Waals surface area contributed by atoms with E-state index in [0.717, 1.165) is 22.2 Å². The van der Waals surface area contributed by atoms with Crippen LogP contribution in [0.2, 0.25) is 15.1 Å². The minimum atomic E-state index is -0.449. The number of carbonyl (C=O) groups is 2. The van der Waals surface area contributed by atoms with Gasteiger partial charge in [-0.15, -0.1) is 0 Å². The molecule has 28 heavy (non-hydrogen) atoms. The zero-order chi connectivity index (χ0) is 19.8. The number of anilines is 1. The molecule has 140 valence electrons. The lowest BCUT2D eigenvalue weighted by atomic mass is 10.2. The Kier molecular flexibility index (Phi) is 5.25. The number of hydrogen-bond acceptors (Lipinski definition) is 4. The molecule has 4 rings (SSSR count). The second kappa shape index (κ2) is 7.68. The van der Waals surface area contributed by atoms with Crippen molar-refractivity contribution in [2.75, 3.05) is 4.90 Å². The Bertz CT molecular complexity index is 1140. The van der Waals surface area contributed by atoms with Crippen molar-refractivity contribution < 1.29 is 14.0 Å². The average Bonchev–Trinajstić information content (AvgIpc) is 3.23. The van der Waals surface area contributed by atoms with E-state index in [-0.39, 0.29) is 4.91 Å². The average molecular weight is 451 g/mol. The Hall–Kier alpha value is -2.18. The molecule has 2 amide bonds. The van der Waals surface area contributed by atoms with Crippen LogP contribution in [0.15, 0.2) is 63.9 Å². The van der Waals surface area contributed by atoms with E-state index in [9.17, 15) is 9.59 Å². The van der Waals surface area contributed by atoms with Crippen molar-refractivity contribution in [3.63, 3.8) is 0 Å². The molecule has 1 fully saturated rings. The molecule has 1 saturated heterocycles. The first kappa shape index (κ1) is 19.2. The van der Waals surface area contributed by atoms with Gasteiger partial charge >= 0.3 is 0 Å². The van der Waals surface area contributed by atoms with Gasteiger partial charge in [0, 0.05) is 11.6 Å². The number of nitrogens with zero attached hydrogens (tertiary/aromatic N) is 1. The first-order valence-electron chi connectivity index (χ1n) is 8.02. The van der Waals surface area contributed by atoms with E-state index in [1.807, 2.05) is 0 Å². The van der Waals surface area contributed by atoms with Crippen molar-refractivity contribution in [3.8, 4) is 11.3 Å². The third-order valence-electron chi connectivity index (χ3n) is 3.99. The summed E-state index contributed by atoms with van der Waals surface area (Å²) in [5, 5.41) is 0.773. The molecule has 2 aromatic carbocycles. The van der Waals surface area contributed by atoms with E-state index >= 15 is 0 Å². The van der Waals surface area contributed by atoms with Gasteiger partial charge < -0.3 is 4.42 Å². The normalized spacial score (nSPS) is 15.7. The topological polar surface area (TPSA) is 50.5 Å². The molecule has 1 aromatic heterocycles. The van der Waals surface area contributed by atoms with Crippen LogP contribution >= 0.6 is 46.6 Å². The predicted molar refractivity (Wildman–Crippen MR) is 114 cm³/mol. The largest absolute Gasteiger partial charge is 0.457 e. The molecule has 4 nitrogen and oxygen atoms in total. The second-order valence-electron chi connectivity index (χ2n) is 5.80. The van der Waals surface area contributed by atoms with Crippen molar-refractivity contribution in [1.29, 1.82) is 0 Å². The molecule has 1 aliphatic heterocycles. The highest BCUT2D eigenvalue weighted by molar-refractivity contribution is 8.19. The predicted octanol–water partition coefficient (Wildman–Crippen LogP) is 7.15. The SMILES string of the molecule is O=C1S/C(=C\c2ccc(-c3ccc(Cl)c(Cl)c3)o2)C(=O)N1c1ccccc1Cl. The summed E-state index contributed by atoms with van der Waals surface area (Å²) in [6.45, 7) is 0. The number of benzene rings is 2. The molecular weight excluding hydrogens is 441 g/mol. The van der Waals surface area contributed by atoms with Gasteiger partial charge in [0.05, 0.1) is 25.7 Å². The van der Waals surface area contributed by atoms with E-state index in [1.54, 1.807) is 54.6 Å². The molecular formula is C20H10Cl3NO3S. The van der Waals surface area contributed by atoms with Crippen LogP contribution in [-0.2, 0) is 4.79 Å². The summed E-state index contributed by atoms with van der Waals surface area (Å²) in [5.41, 5.74) is 1.10. The Labute approximate surface area is 179 Å². The third-order valence-corrected chi connectivity index (χ3v) is 5.92. The second-order valence-corrected chi connectivity index (χ2v) is 8.01. The molecule has 0 spiro atoms. The number of amides is 2. The first-order chi connectivity index (χ1) is 13.4. The molecule has 0 saturated carbocycles. The number of rotatable bonds is 3. The molecule has 0 unspecified atom stereocenters. The highest BCUT2D eigenvalue weighted by atomic mass is 35.5. The molecule has 1 aliphatic rings. The summed E-state index contributed by atoms with van der Waals surface area (Å²) in [4.78, 5) is 26.4. The van der Waals surface area contributed by atoms with Crippen molar-refractivity contribution >= 4 is 69.5 Å². The quantitative estimate of drug-likeness (QED) is 0.398. The zero-order valence-electron chi connectivity index (χ0n) is 14.0.